The topological polar surface area (TPSA) is 150 Å². The molecule has 11 atom stereocenters. The van der Waals surface area contributed by atoms with Gasteiger partial charge >= 0.3 is 12.1 Å². The molecule has 1 amide bonds. The highest BCUT2D eigenvalue weighted by atomic mass is 28.4. The second-order valence-corrected chi connectivity index (χ2v) is 30.6. The number of hydrogen-bond acceptors (Lipinski definition) is 10. The van der Waals surface area contributed by atoms with E-state index in [-0.39, 0.29) is 24.2 Å². The van der Waals surface area contributed by atoms with Gasteiger partial charge in [0.25, 0.3) is 0 Å². The van der Waals surface area contributed by atoms with E-state index in [9.17, 15) is 19.8 Å². The summed E-state index contributed by atoms with van der Waals surface area (Å²) in [6.07, 6.45) is -3.96. The van der Waals surface area contributed by atoms with Gasteiger partial charge < -0.3 is 38.6 Å². The fourth-order valence-corrected chi connectivity index (χ4v) is 17.8. The summed E-state index contributed by atoms with van der Waals surface area (Å²) >= 11 is 0. The molecule has 3 fully saturated rings. The summed E-state index contributed by atoms with van der Waals surface area (Å²) < 4.78 is 32.8. The summed E-state index contributed by atoms with van der Waals surface area (Å²) in [7, 11) is -4.72. The smallest absolute Gasteiger partial charge is 0.407 e. The van der Waals surface area contributed by atoms with E-state index in [0.29, 0.717) is 30.6 Å². The molecule has 1 saturated heterocycles. The fourth-order valence-electron chi connectivity index (χ4n) is 12.0. The zero-order valence-corrected chi connectivity index (χ0v) is 41.9. The molecule has 3 aliphatic carbocycles. The van der Waals surface area contributed by atoms with Crippen LogP contribution in [0.3, 0.4) is 0 Å². The monoisotopic (exact) mass is 866 g/mol. The summed E-state index contributed by atoms with van der Waals surface area (Å²) in [5.74, 6) is -1.78. The Morgan fingerprint density at radius 2 is 1.49 bits per heavy atom. The minimum atomic E-state index is -2.48. The van der Waals surface area contributed by atoms with Crippen molar-refractivity contribution in [3.05, 3.63) is 11.1 Å². The molecule has 2 bridgehead atoms. The second kappa shape index (κ2) is 17.9. The first-order valence-corrected chi connectivity index (χ1v) is 28.1. The molecule has 11 nitrogen and oxygen atoms in total. The van der Waals surface area contributed by atoms with Gasteiger partial charge in [0.05, 0.1) is 35.9 Å². The van der Waals surface area contributed by atoms with Gasteiger partial charge in [-0.1, -0.05) is 83.1 Å². The van der Waals surface area contributed by atoms with Gasteiger partial charge in [-0.2, -0.15) is 0 Å². The van der Waals surface area contributed by atoms with Gasteiger partial charge in [-0.05, 0) is 106 Å². The standard InChI is InChI=1S/C46H83NO10Si2/c1-18-58(19-2,20-3)56-34-25-33-44(16,27-53-33)38-30(10)46(52)26-32(29(9)35(43(46,14)15)36(48)39(49)45(34,38)17)54-40(50)37(57-59(21-4,22-5)23-6)31(24-28(7)8)47-41(51)55-42(11,12)13/h28,30-34,36-38,48,52H,18-27H2,1-17H3,(H,47,51)/t30-,31-,32-,33+,34?,36+,37?,38+,44+,45+,46+/m0/s1. The SMILES string of the molecule is CC[Si](CC)(CC)OC(C(=O)O[C@H]1C[C@@]2(O)[C@@H](C)[C@@H]3[C@]4(C)CO[C@@H]4CC(O[Si](CC)(CC)CC)[C@@]3(C)C(=O)[C@H](O)C(=C1C)C2(C)C)[C@H](CC(C)C)NC(=O)OC(C)(C)C. The molecule has 1 aliphatic heterocycles. The molecule has 59 heavy (non-hydrogen) atoms. The molecule has 3 N–H and O–H groups in total. The normalized spacial score (nSPS) is 34.5. The molecule has 0 aromatic rings. The summed E-state index contributed by atoms with van der Waals surface area (Å²) in [4.78, 5) is 43.8. The zero-order valence-electron chi connectivity index (χ0n) is 39.9. The number of ether oxygens (including phenoxy) is 3. The highest BCUT2D eigenvalue weighted by Crippen LogP contribution is 2.67. The molecule has 4 rings (SSSR count). The lowest BCUT2D eigenvalue weighted by Crippen LogP contribution is -2.76. The minimum absolute atomic E-state index is 0.0550. The van der Waals surface area contributed by atoms with Gasteiger partial charge in [-0.15, -0.1) is 0 Å². The molecule has 0 radical (unpaired) electrons. The van der Waals surface area contributed by atoms with Crippen LogP contribution in [0.5, 0.6) is 0 Å². The van der Waals surface area contributed by atoms with Crippen molar-refractivity contribution in [1.29, 1.82) is 0 Å². The predicted octanol–water partition coefficient (Wildman–Crippen LogP) is 9.11. The van der Waals surface area contributed by atoms with Crippen molar-refractivity contribution in [2.75, 3.05) is 6.61 Å². The Balaban J connectivity index is 1.88. The summed E-state index contributed by atoms with van der Waals surface area (Å²) in [6.45, 7) is 34.5. The van der Waals surface area contributed by atoms with Gasteiger partial charge in [0.1, 0.15) is 17.8 Å². The number of hydrogen-bond donors (Lipinski definition) is 3. The van der Waals surface area contributed by atoms with Crippen LogP contribution in [0.4, 0.5) is 4.79 Å². The maximum absolute atomic E-state index is 15.5. The molecule has 0 aromatic heterocycles. The number of amides is 1. The molecule has 1 heterocycles. The number of nitrogens with one attached hydrogen (secondary N) is 1. The summed E-state index contributed by atoms with van der Waals surface area (Å²) in [5, 5.41) is 29.1. The molecule has 0 aromatic carbocycles. The molecular formula is C46H83NO10Si2. The van der Waals surface area contributed by atoms with Gasteiger partial charge in [-0.3, -0.25) is 4.79 Å². The number of carbonyl (C=O) groups is 3. The zero-order chi connectivity index (χ0) is 44.9. The molecular weight excluding hydrogens is 783 g/mol. The number of fused-ring (bicyclic) bond motifs is 5. The third-order valence-electron chi connectivity index (χ3n) is 16.2. The van der Waals surface area contributed by atoms with E-state index in [0.717, 1.165) is 36.3 Å². The molecule has 0 spiro atoms. The van der Waals surface area contributed by atoms with Crippen LogP contribution in [0.15, 0.2) is 11.1 Å². The number of alkyl carbamates (subject to hydrolysis) is 1. The number of Topliss-reactive ketones (excluding diaryl/α,β-unsaturated/α-hetero) is 1. The predicted molar refractivity (Wildman–Crippen MR) is 237 cm³/mol. The molecule has 13 heteroatoms. The molecule has 2 saturated carbocycles. The molecule has 4 aliphatic rings. The maximum atomic E-state index is 15.5. The van der Waals surface area contributed by atoms with Crippen LogP contribution in [0.25, 0.3) is 0 Å². The van der Waals surface area contributed by atoms with Crippen LogP contribution in [-0.4, -0.2) is 99.1 Å². The first-order chi connectivity index (χ1) is 27.2. The summed E-state index contributed by atoms with van der Waals surface area (Å²) in [5.41, 5.74) is -4.01. The first-order valence-electron chi connectivity index (χ1n) is 23.0. The van der Waals surface area contributed by atoms with Crippen molar-refractivity contribution in [3.63, 3.8) is 0 Å². The average Bonchev–Trinajstić information content (AvgIpc) is 3.15. The minimum Gasteiger partial charge on any atom is -0.456 e. The lowest BCUT2D eigenvalue weighted by atomic mass is 9.40. The van der Waals surface area contributed by atoms with E-state index < -0.39 is 98.4 Å². The Morgan fingerprint density at radius 3 is 1.95 bits per heavy atom. The Hall–Kier alpha value is -1.62. The highest BCUT2D eigenvalue weighted by Gasteiger charge is 2.73. The van der Waals surface area contributed by atoms with Crippen molar-refractivity contribution in [3.8, 4) is 0 Å². The third kappa shape index (κ3) is 8.84. The third-order valence-corrected chi connectivity index (χ3v) is 25.4. The van der Waals surface area contributed by atoms with E-state index in [2.05, 4.69) is 53.8 Å². The van der Waals surface area contributed by atoms with Gasteiger partial charge in [0.15, 0.2) is 28.5 Å². The summed E-state index contributed by atoms with van der Waals surface area (Å²) in [6, 6.07) is 4.28. The van der Waals surface area contributed by atoms with Crippen LogP contribution in [0.2, 0.25) is 36.3 Å². The van der Waals surface area contributed by atoms with E-state index in [4.69, 9.17) is 23.1 Å². The fraction of sp³-hybridized carbons (Fsp3) is 0.891. The van der Waals surface area contributed by atoms with Crippen LogP contribution < -0.4 is 5.32 Å². The van der Waals surface area contributed by atoms with Crippen molar-refractivity contribution >= 4 is 34.5 Å². The number of aliphatic hydroxyl groups excluding tert-OH is 1. The van der Waals surface area contributed by atoms with Crippen molar-refractivity contribution in [2.45, 2.75) is 221 Å². The number of esters is 1. The number of rotatable bonds is 16. The number of aliphatic hydroxyl groups is 2. The van der Waals surface area contributed by atoms with Crippen LogP contribution in [0, 0.1) is 34.0 Å². The Labute approximate surface area is 359 Å². The lowest BCUT2D eigenvalue weighted by Gasteiger charge is -2.69. The lowest BCUT2D eigenvalue weighted by molar-refractivity contribution is -0.300. The van der Waals surface area contributed by atoms with Crippen molar-refractivity contribution in [1.82, 2.24) is 5.32 Å². The van der Waals surface area contributed by atoms with Crippen LogP contribution in [0.1, 0.15) is 137 Å². The quantitative estimate of drug-likeness (QED) is 0.0779. The van der Waals surface area contributed by atoms with Gasteiger partial charge in [-0.25, -0.2) is 9.59 Å². The first kappa shape index (κ1) is 50.0. The Kier molecular flexibility index (Phi) is 15.2. The molecule has 340 valence electrons. The average molecular weight is 866 g/mol. The van der Waals surface area contributed by atoms with E-state index in [1.807, 2.05) is 48.5 Å². The van der Waals surface area contributed by atoms with Gasteiger partial charge in [0, 0.05) is 23.7 Å². The van der Waals surface area contributed by atoms with E-state index in [1.54, 1.807) is 20.8 Å². The van der Waals surface area contributed by atoms with E-state index in [1.165, 1.54) is 0 Å². The number of carbonyl (C=O) groups excluding carboxylic acids is 3. The van der Waals surface area contributed by atoms with Crippen LogP contribution >= 0.6 is 0 Å². The Bertz CT molecular complexity index is 1550. The maximum Gasteiger partial charge on any atom is 0.407 e. The second-order valence-electron chi connectivity index (χ2n) is 21.1. The van der Waals surface area contributed by atoms with Crippen LogP contribution in [-0.2, 0) is 32.7 Å². The van der Waals surface area contributed by atoms with Crippen molar-refractivity contribution < 1.29 is 47.7 Å². The largest absolute Gasteiger partial charge is 0.456 e. The van der Waals surface area contributed by atoms with Crippen molar-refractivity contribution in [2.24, 2.45) is 34.0 Å². The highest BCUT2D eigenvalue weighted by molar-refractivity contribution is 6.74. The molecule has 2 unspecified atom stereocenters. The number of ketones is 1. The Morgan fingerprint density at radius 1 is 0.949 bits per heavy atom. The van der Waals surface area contributed by atoms with Gasteiger partial charge in [0.2, 0.25) is 0 Å². The van der Waals surface area contributed by atoms with E-state index >= 15 is 4.79 Å².